The number of rotatable bonds is 3. The van der Waals surface area contributed by atoms with Gasteiger partial charge in [0.05, 0.1) is 11.8 Å². The minimum Gasteiger partial charge on any atom is -0.550 e. The van der Waals surface area contributed by atoms with Gasteiger partial charge in [-0.05, 0) is 30.1 Å². The number of hydrogen-bond acceptors (Lipinski definition) is 4. The normalized spacial score (nSPS) is 45.4. The van der Waals surface area contributed by atoms with Crippen molar-refractivity contribution in [2.24, 2.45) is 35.5 Å². The lowest BCUT2D eigenvalue weighted by molar-refractivity contribution is -0.305. The van der Waals surface area contributed by atoms with Crippen molar-refractivity contribution in [2.75, 3.05) is 6.54 Å². The van der Waals surface area contributed by atoms with Gasteiger partial charge >= 0.3 is 0 Å². The largest absolute Gasteiger partial charge is 0.550 e. The second-order valence-corrected chi connectivity index (χ2v) is 6.10. The molecule has 0 aromatic rings. The van der Waals surface area contributed by atoms with Crippen molar-refractivity contribution in [3.05, 3.63) is 12.2 Å². The zero-order valence-corrected chi connectivity index (χ0v) is 10.3. The van der Waals surface area contributed by atoms with E-state index in [1.807, 2.05) is 0 Å². The number of carbonyl (C=O) groups excluding carboxylic acids is 3. The third-order valence-electron chi connectivity index (χ3n) is 5.29. The fraction of sp³-hybridized carbons (Fsp3) is 0.643. The van der Waals surface area contributed by atoms with E-state index in [9.17, 15) is 19.5 Å². The topological polar surface area (TPSA) is 77.5 Å². The third kappa shape index (κ3) is 1.33. The second-order valence-electron chi connectivity index (χ2n) is 6.10. The van der Waals surface area contributed by atoms with Crippen molar-refractivity contribution in [3.63, 3.8) is 0 Å². The summed E-state index contributed by atoms with van der Waals surface area (Å²) in [6.07, 6.45) is 5.07. The average Bonchev–Trinajstić information content (AvgIpc) is 3.14. The molecule has 3 fully saturated rings. The highest BCUT2D eigenvalue weighted by atomic mass is 16.4. The molecule has 0 aromatic heterocycles. The highest BCUT2D eigenvalue weighted by Crippen LogP contribution is 2.65. The summed E-state index contributed by atoms with van der Waals surface area (Å²) in [6.45, 7) is -0.0399. The summed E-state index contributed by atoms with van der Waals surface area (Å²) in [5.74, 6) is -0.459. The predicted molar refractivity (Wildman–Crippen MR) is 61.0 cm³/mol. The molecule has 5 rings (SSSR count). The predicted octanol–water partition coefficient (Wildman–Crippen LogP) is -0.820. The minimum atomic E-state index is -1.22. The second kappa shape index (κ2) is 3.46. The molecule has 2 amide bonds. The Bertz CT molecular complexity index is 490. The lowest BCUT2D eigenvalue weighted by Gasteiger charge is -2.37. The van der Waals surface area contributed by atoms with Gasteiger partial charge in [0.25, 0.3) is 0 Å². The first-order valence-electron chi connectivity index (χ1n) is 6.83. The summed E-state index contributed by atoms with van der Waals surface area (Å²) in [4.78, 5) is 36.4. The van der Waals surface area contributed by atoms with Crippen molar-refractivity contribution in [3.8, 4) is 0 Å². The lowest BCUT2D eigenvalue weighted by atomic mass is 9.63. The number of allylic oxidation sites excluding steroid dienone is 2. The van der Waals surface area contributed by atoms with Crippen LogP contribution in [0.5, 0.6) is 0 Å². The number of nitrogens with zero attached hydrogens (tertiary/aromatic N) is 1. The fourth-order valence-corrected chi connectivity index (χ4v) is 4.44. The number of carboxylic acids is 1. The summed E-state index contributed by atoms with van der Waals surface area (Å²) in [6, 6.07) is 0. The van der Waals surface area contributed by atoms with Crippen LogP contribution in [-0.2, 0) is 14.4 Å². The smallest absolute Gasteiger partial charge is 0.233 e. The molecule has 0 N–H and O–H groups in total. The van der Waals surface area contributed by atoms with Crippen LogP contribution in [0.15, 0.2) is 12.2 Å². The number of likely N-dealkylation sites (tertiary alicyclic amines) is 1. The van der Waals surface area contributed by atoms with Crippen molar-refractivity contribution in [1.82, 2.24) is 4.90 Å². The fourth-order valence-electron chi connectivity index (χ4n) is 4.44. The van der Waals surface area contributed by atoms with E-state index in [0.29, 0.717) is 11.8 Å². The highest BCUT2D eigenvalue weighted by Gasteiger charge is 2.66. The van der Waals surface area contributed by atoms with E-state index in [-0.39, 0.29) is 48.5 Å². The molecule has 6 atom stereocenters. The zero-order chi connectivity index (χ0) is 13.3. The van der Waals surface area contributed by atoms with E-state index in [4.69, 9.17) is 0 Å². The maximum absolute atomic E-state index is 12.4. The van der Waals surface area contributed by atoms with Crippen LogP contribution >= 0.6 is 0 Å². The van der Waals surface area contributed by atoms with Crippen LogP contribution in [0.4, 0.5) is 0 Å². The first-order chi connectivity index (χ1) is 9.09. The van der Waals surface area contributed by atoms with Crippen LogP contribution < -0.4 is 5.11 Å². The van der Waals surface area contributed by atoms with E-state index in [2.05, 4.69) is 12.2 Å². The summed E-state index contributed by atoms with van der Waals surface area (Å²) >= 11 is 0. The number of imide groups is 1. The standard InChI is InChI=1S/C14H15NO4/c16-10(17)3-4-15-13(18)11-6-1-2-7(9-5-8(6)9)12(11)14(15)19/h1-2,6-9,11-12H,3-5H2,(H,16,17)/p-1/t6-,7+,8-,9+,11+,12-. The summed E-state index contributed by atoms with van der Waals surface area (Å²) in [5, 5.41) is 10.5. The Hall–Kier alpha value is -1.65. The molecule has 2 saturated carbocycles. The lowest BCUT2D eigenvalue weighted by Crippen LogP contribution is -2.40. The summed E-state index contributed by atoms with van der Waals surface area (Å²) in [7, 11) is 0. The first-order valence-corrected chi connectivity index (χ1v) is 6.83. The SMILES string of the molecule is O=C([O-])CCN1C(=O)[C@@H]2[C@H]3C=C[C@H]([C@H]4C[C@@H]34)[C@@H]2C1=O. The average molecular weight is 260 g/mol. The molecule has 1 aliphatic heterocycles. The van der Waals surface area contributed by atoms with Gasteiger partial charge in [0.2, 0.25) is 11.8 Å². The van der Waals surface area contributed by atoms with E-state index in [1.165, 1.54) is 0 Å². The maximum Gasteiger partial charge on any atom is 0.233 e. The molecule has 100 valence electrons. The molecule has 1 heterocycles. The number of carbonyl (C=O) groups is 3. The van der Waals surface area contributed by atoms with Crippen LogP contribution in [0, 0.1) is 35.5 Å². The first kappa shape index (κ1) is 11.2. The molecule has 5 nitrogen and oxygen atoms in total. The van der Waals surface area contributed by atoms with Gasteiger partial charge in [0.15, 0.2) is 0 Å². The monoisotopic (exact) mass is 260 g/mol. The van der Waals surface area contributed by atoms with E-state index >= 15 is 0 Å². The molecule has 0 radical (unpaired) electrons. The van der Waals surface area contributed by atoms with Gasteiger partial charge < -0.3 is 9.90 Å². The van der Waals surface area contributed by atoms with Crippen molar-refractivity contribution < 1.29 is 19.5 Å². The third-order valence-corrected chi connectivity index (χ3v) is 5.29. The Morgan fingerprint density at radius 1 is 1.16 bits per heavy atom. The molecule has 4 aliphatic carbocycles. The molecule has 5 aliphatic rings. The number of hydrogen-bond donors (Lipinski definition) is 0. The Balaban J connectivity index is 1.63. The molecule has 0 spiro atoms. The molecule has 0 aromatic carbocycles. The Morgan fingerprint density at radius 2 is 1.68 bits per heavy atom. The molecule has 19 heavy (non-hydrogen) atoms. The molecule has 0 unspecified atom stereocenters. The molecule has 1 saturated heterocycles. The summed E-state index contributed by atoms with van der Waals surface area (Å²) < 4.78 is 0. The number of aliphatic carboxylic acids is 1. The van der Waals surface area contributed by atoms with E-state index in [0.717, 1.165) is 11.3 Å². The quantitative estimate of drug-likeness (QED) is 0.490. The molecular formula is C14H14NO4-. The number of amides is 2. The highest BCUT2D eigenvalue weighted by molar-refractivity contribution is 6.06. The van der Waals surface area contributed by atoms with Crippen molar-refractivity contribution >= 4 is 17.8 Å². The van der Waals surface area contributed by atoms with Gasteiger partial charge in [0.1, 0.15) is 0 Å². The maximum atomic E-state index is 12.4. The van der Waals surface area contributed by atoms with E-state index < -0.39 is 5.97 Å². The van der Waals surface area contributed by atoms with Gasteiger partial charge in [-0.1, -0.05) is 12.2 Å². The van der Waals surface area contributed by atoms with Gasteiger partial charge in [-0.2, -0.15) is 0 Å². The Labute approximate surface area is 110 Å². The van der Waals surface area contributed by atoms with Gasteiger partial charge in [0, 0.05) is 18.9 Å². The Kier molecular flexibility index (Phi) is 2.04. The van der Waals surface area contributed by atoms with Crippen LogP contribution in [0.1, 0.15) is 12.8 Å². The molecule has 2 bridgehead atoms. The van der Waals surface area contributed by atoms with Crippen molar-refractivity contribution in [1.29, 1.82) is 0 Å². The van der Waals surface area contributed by atoms with Crippen molar-refractivity contribution in [2.45, 2.75) is 12.8 Å². The van der Waals surface area contributed by atoms with E-state index in [1.54, 1.807) is 0 Å². The number of carboxylic acid groups (broad SMARTS) is 1. The molecule has 5 heteroatoms. The van der Waals surface area contributed by atoms with Crippen LogP contribution in [0.25, 0.3) is 0 Å². The van der Waals surface area contributed by atoms with Gasteiger partial charge in [-0.15, -0.1) is 0 Å². The van der Waals surface area contributed by atoms with Gasteiger partial charge in [-0.25, -0.2) is 0 Å². The van der Waals surface area contributed by atoms with Crippen LogP contribution in [0.2, 0.25) is 0 Å². The van der Waals surface area contributed by atoms with Gasteiger partial charge in [-0.3, -0.25) is 14.5 Å². The van der Waals surface area contributed by atoms with Crippen LogP contribution in [0.3, 0.4) is 0 Å². The zero-order valence-electron chi connectivity index (χ0n) is 10.3. The summed E-state index contributed by atoms with van der Waals surface area (Å²) in [5.41, 5.74) is 0. The Morgan fingerprint density at radius 3 is 2.16 bits per heavy atom. The molecular weight excluding hydrogens is 246 g/mol. The minimum absolute atomic E-state index is 0.0399. The van der Waals surface area contributed by atoms with Crippen LogP contribution in [-0.4, -0.2) is 29.2 Å².